The molecule has 166 valence electrons. The summed E-state index contributed by atoms with van der Waals surface area (Å²) in [6.07, 6.45) is 0. The van der Waals surface area contributed by atoms with Crippen LogP contribution in [-0.4, -0.2) is 69.8 Å². The maximum absolute atomic E-state index is 13.9. The number of benzene rings is 1. The first kappa shape index (κ1) is 22.7. The van der Waals surface area contributed by atoms with E-state index in [1.165, 1.54) is 35.3 Å². The molecule has 2 heterocycles. The van der Waals surface area contributed by atoms with E-state index in [4.69, 9.17) is 0 Å². The van der Waals surface area contributed by atoms with Crippen molar-refractivity contribution in [2.75, 3.05) is 31.5 Å². The summed E-state index contributed by atoms with van der Waals surface area (Å²) in [5, 5.41) is 4.88. The second-order valence-corrected chi connectivity index (χ2v) is 8.50. The minimum Gasteiger partial charge on any atom is -0.339 e. The molecule has 1 aromatic carbocycles. The Balaban J connectivity index is 1.64. The van der Waals surface area contributed by atoms with E-state index in [0.717, 1.165) is 0 Å². The van der Waals surface area contributed by atoms with E-state index in [0.29, 0.717) is 36.9 Å². The smallest absolute Gasteiger partial charge is 0.322 e. The Bertz CT molecular complexity index is 956. The summed E-state index contributed by atoms with van der Waals surface area (Å²) in [6.45, 7) is 7.39. The molecule has 8 nitrogen and oxygen atoms in total. The number of nitrogens with one attached hydrogen (secondary N) is 1. The first-order valence-corrected chi connectivity index (χ1v) is 11.0. The molecular formula is C21H26FN5O3S. The van der Waals surface area contributed by atoms with Crippen LogP contribution in [-0.2, 0) is 11.3 Å². The lowest BCUT2D eigenvalue weighted by molar-refractivity contribution is -0.130. The van der Waals surface area contributed by atoms with Crippen molar-refractivity contribution in [1.82, 2.24) is 19.7 Å². The highest BCUT2D eigenvalue weighted by atomic mass is 32.1. The van der Waals surface area contributed by atoms with E-state index < -0.39 is 11.8 Å². The zero-order valence-electron chi connectivity index (χ0n) is 17.8. The highest BCUT2D eigenvalue weighted by Gasteiger charge is 2.26. The maximum Gasteiger partial charge on any atom is 0.322 e. The summed E-state index contributed by atoms with van der Waals surface area (Å²) in [6, 6.07) is 5.38. The molecule has 1 aliphatic heterocycles. The van der Waals surface area contributed by atoms with Crippen molar-refractivity contribution in [2.45, 2.75) is 33.4 Å². The van der Waals surface area contributed by atoms with Crippen LogP contribution >= 0.6 is 11.3 Å². The van der Waals surface area contributed by atoms with Gasteiger partial charge < -0.3 is 20.0 Å². The molecule has 0 bridgehead atoms. The van der Waals surface area contributed by atoms with Gasteiger partial charge in [-0.05, 0) is 26.0 Å². The van der Waals surface area contributed by atoms with Gasteiger partial charge >= 0.3 is 6.03 Å². The largest absolute Gasteiger partial charge is 0.339 e. The third-order valence-electron chi connectivity index (χ3n) is 5.09. The van der Waals surface area contributed by atoms with Crippen LogP contribution in [0.25, 0.3) is 0 Å². The SMILES string of the molecule is CC(=O)N1CCN(C(=O)c2csc(CN(C(=O)Nc3ccccc3F)C(C)C)n2)CC1. The number of rotatable bonds is 5. The van der Waals surface area contributed by atoms with Gasteiger partial charge in [-0.15, -0.1) is 11.3 Å². The summed E-state index contributed by atoms with van der Waals surface area (Å²) >= 11 is 1.30. The van der Waals surface area contributed by atoms with Gasteiger partial charge in [0, 0.05) is 44.5 Å². The summed E-state index contributed by atoms with van der Waals surface area (Å²) in [5.74, 6) is -0.686. The normalized spacial score (nSPS) is 14.0. The molecule has 0 atom stereocenters. The first-order chi connectivity index (χ1) is 14.8. The predicted molar refractivity (Wildman–Crippen MR) is 116 cm³/mol. The average Bonchev–Trinajstić information content (AvgIpc) is 3.21. The Morgan fingerprint density at radius 3 is 2.42 bits per heavy atom. The van der Waals surface area contributed by atoms with Crippen molar-refractivity contribution in [2.24, 2.45) is 0 Å². The fraction of sp³-hybridized carbons (Fsp3) is 0.429. The number of anilines is 1. The highest BCUT2D eigenvalue weighted by Crippen LogP contribution is 2.19. The van der Waals surface area contributed by atoms with Crippen LogP contribution in [0.4, 0.5) is 14.9 Å². The number of para-hydroxylation sites is 1. The standard InChI is InChI=1S/C21H26FN5O3S/c1-14(2)27(21(30)24-17-7-5-4-6-16(17)22)12-19-23-18(13-31-19)20(29)26-10-8-25(9-11-26)15(3)28/h4-7,13-14H,8-12H2,1-3H3,(H,24,30). The topological polar surface area (TPSA) is 85.9 Å². The predicted octanol–water partition coefficient (Wildman–Crippen LogP) is 3.03. The molecule has 1 N–H and O–H groups in total. The van der Waals surface area contributed by atoms with E-state index >= 15 is 0 Å². The zero-order chi connectivity index (χ0) is 22.5. The zero-order valence-corrected chi connectivity index (χ0v) is 18.6. The van der Waals surface area contributed by atoms with E-state index in [9.17, 15) is 18.8 Å². The molecule has 0 saturated carbocycles. The Labute approximate surface area is 184 Å². The molecule has 1 aliphatic rings. The van der Waals surface area contributed by atoms with Gasteiger partial charge in [0.2, 0.25) is 5.91 Å². The second-order valence-electron chi connectivity index (χ2n) is 7.56. The molecule has 10 heteroatoms. The lowest BCUT2D eigenvalue weighted by atomic mass is 10.3. The number of amides is 4. The number of piperazine rings is 1. The Morgan fingerprint density at radius 2 is 1.81 bits per heavy atom. The molecule has 0 radical (unpaired) electrons. The van der Waals surface area contributed by atoms with E-state index in [1.807, 2.05) is 13.8 Å². The van der Waals surface area contributed by atoms with Crippen LogP contribution in [0.15, 0.2) is 29.6 Å². The molecule has 3 rings (SSSR count). The Morgan fingerprint density at radius 1 is 1.16 bits per heavy atom. The van der Waals surface area contributed by atoms with Crippen molar-refractivity contribution in [3.63, 3.8) is 0 Å². The number of aromatic nitrogens is 1. The second kappa shape index (κ2) is 9.86. The number of thiazole rings is 1. The van der Waals surface area contributed by atoms with Crippen molar-refractivity contribution < 1.29 is 18.8 Å². The van der Waals surface area contributed by atoms with Gasteiger partial charge in [0.15, 0.2) is 0 Å². The van der Waals surface area contributed by atoms with Crippen molar-refractivity contribution >= 4 is 34.9 Å². The van der Waals surface area contributed by atoms with Crippen LogP contribution in [0.3, 0.4) is 0 Å². The Kier molecular flexibility index (Phi) is 7.21. The highest BCUT2D eigenvalue weighted by molar-refractivity contribution is 7.09. The maximum atomic E-state index is 13.9. The van der Waals surface area contributed by atoms with E-state index in [1.54, 1.807) is 27.3 Å². The molecule has 0 unspecified atom stereocenters. The van der Waals surface area contributed by atoms with Crippen LogP contribution in [0.2, 0.25) is 0 Å². The minimum absolute atomic E-state index is 0.00507. The average molecular weight is 448 g/mol. The summed E-state index contributed by atoms with van der Waals surface area (Å²) in [5.41, 5.74) is 0.437. The first-order valence-electron chi connectivity index (χ1n) is 10.1. The lowest BCUT2D eigenvalue weighted by Gasteiger charge is -2.33. The number of hydrogen-bond donors (Lipinski definition) is 1. The van der Waals surface area contributed by atoms with Gasteiger partial charge in [0.25, 0.3) is 5.91 Å². The number of hydrogen-bond acceptors (Lipinski definition) is 5. The fourth-order valence-electron chi connectivity index (χ4n) is 3.25. The van der Waals surface area contributed by atoms with Crippen molar-refractivity contribution in [1.29, 1.82) is 0 Å². The molecule has 1 saturated heterocycles. The molecular weight excluding hydrogens is 421 g/mol. The van der Waals surface area contributed by atoms with Crippen molar-refractivity contribution in [3.05, 3.63) is 46.2 Å². The van der Waals surface area contributed by atoms with Crippen LogP contribution in [0.5, 0.6) is 0 Å². The molecule has 2 aromatic rings. The number of urea groups is 1. The van der Waals surface area contributed by atoms with E-state index in [-0.39, 0.29) is 30.1 Å². The van der Waals surface area contributed by atoms with Crippen LogP contribution in [0.1, 0.15) is 36.3 Å². The van der Waals surface area contributed by atoms with Crippen molar-refractivity contribution in [3.8, 4) is 0 Å². The van der Waals surface area contributed by atoms with Gasteiger partial charge in [0.05, 0.1) is 12.2 Å². The summed E-state index contributed by atoms with van der Waals surface area (Å²) in [4.78, 5) is 46.3. The Hall–Kier alpha value is -3.01. The molecule has 0 spiro atoms. The monoisotopic (exact) mass is 447 g/mol. The third kappa shape index (κ3) is 5.57. The van der Waals surface area contributed by atoms with Crippen LogP contribution < -0.4 is 5.32 Å². The molecule has 0 aliphatic carbocycles. The number of halogens is 1. The van der Waals surface area contributed by atoms with Gasteiger partial charge in [0.1, 0.15) is 16.5 Å². The van der Waals surface area contributed by atoms with Gasteiger partial charge in [-0.25, -0.2) is 14.2 Å². The van der Waals surface area contributed by atoms with Gasteiger partial charge in [-0.3, -0.25) is 9.59 Å². The minimum atomic E-state index is -0.508. The summed E-state index contributed by atoms with van der Waals surface area (Å²) < 4.78 is 13.9. The number of nitrogens with zero attached hydrogens (tertiary/aromatic N) is 4. The molecule has 31 heavy (non-hydrogen) atoms. The van der Waals surface area contributed by atoms with Gasteiger partial charge in [-0.1, -0.05) is 12.1 Å². The molecule has 1 fully saturated rings. The molecule has 4 amide bonds. The quantitative estimate of drug-likeness (QED) is 0.764. The number of carbonyl (C=O) groups is 3. The molecule has 1 aromatic heterocycles. The lowest BCUT2D eigenvalue weighted by Crippen LogP contribution is -2.50. The summed E-state index contributed by atoms with van der Waals surface area (Å²) in [7, 11) is 0. The van der Waals surface area contributed by atoms with E-state index in [2.05, 4.69) is 10.3 Å². The van der Waals surface area contributed by atoms with Crippen LogP contribution in [0, 0.1) is 5.82 Å². The fourth-order valence-corrected chi connectivity index (χ4v) is 4.02. The van der Waals surface area contributed by atoms with Gasteiger partial charge in [-0.2, -0.15) is 0 Å². The third-order valence-corrected chi connectivity index (χ3v) is 5.92. The number of carbonyl (C=O) groups excluding carboxylic acids is 3.